The molecule has 4 nitrogen and oxygen atoms in total. The zero-order valence-corrected chi connectivity index (χ0v) is 8.53. The summed E-state index contributed by atoms with van der Waals surface area (Å²) in [5.74, 6) is -0.516. The molecule has 0 heterocycles. The highest BCUT2D eigenvalue weighted by Gasteiger charge is 2.11. The number of aldehydes is 1. The first-order valence-electron chi connectivity index (χ1n) is 4.42. The summed E-state index contributed by atoms with van der Waals surface area (Å²) in [7, 11) is 1.47. The van der Waals surface area contributed by atoms with E-state index in [2.05, 4.69) is 5.32 Å². The van der Waals surface area contributed by atoms with Gasteiger partial charge in [0.05, 0.1) is 5.56 Å². The molecule has 15 heavy (non-hydrogen) atoms. The quantitative estimate of drug-likeness (QED) is 0.592. The highest BCUT2D eigenvalue weighted by Crippen LogP contribution is 2.11. The fraction of sp³-hybridized carbons (Fsp3) is 0.182. The highest BCUT2D eigenvalue weighted by atomic mass is 16.2. The maximum atomic E-state index is 11.4. The van der Waals surface area contributed by atoms with Gasteiger partial charge in [0.25, 0.3) is 5.91 Å². The number of amides is 1. The van der Waals surface area contributed by atoms with Crippen molar-refractivity contribution in [3.63, 3.8) is 0 Å². The van der Waals surface area contributed by atoms with Gasteiger partial charge in [-0.3, -0.25) is 14.4 Å². The minimum Gasteiger partial charge on any atom is -0.355 e. The van der Waals surface area contributed by atoms with E-state index < -0.39 is 0 Å². The number of hydrogen-bond donors (Lipinski definition) is 1. The van der Waals surface area contributed by atoms with E-state index in [-0.39, 0.29) is 22.8 Å². The lowest BCUT2D eigenvalue weighted by molar-refractivity contribution is 0.0957. The predicted octanol–water partition coefficient (Wildman–Crippen LogP) is 1.06. The molecule has 0 saturated heterocycles. The Morgan fingerprint density at radius 2 is 2.00 bits per heavy atom. The van der Waals surface area contributed by atoms with Crippen molar-refractivity contribution in [3.05, 3.63) is 34.9 Å². The van der Waals surface area contributed by atoms with E-state index in [4.69, 9.17) is 0 Å². The van der Waals surface area contributed by atoms with Crippen molar-refractivity contribution in [2.45, 2.75) is 6.92 Å². The molecule has 1 aromatic rings. The van der Waals surface area contributed by atoms with Gasteiger partial charge in [0.1, 0.15) is 0 Å². The number of ketones is 1. The first kappa shape index (κ1) is 11.1. The van der Waals surface area contributed by atoms with Gasteiger partial charge in [0.15, 0.2) is 12.1 Å². The molecule has 78 valence electrons. The van der Waals surface area contributed by atoms with Crippen LogP contribution in [0.4, 0.5) is 0 Å². The normalized spacial score (nSPS) is 9.47. The van der Waals surface area contributed by atoms with Gasteiger partial charge < -0.3 is 5.32 Å². The van der Waals surface area contributed by atoms with Crippen LogP contribution in [0.2, 0.25) is 0 Å². The van der Waals surface area contributed by atoms with Crippen LogP contribution in [0.15, 0.2) is 18.2 Å². The molecule has 1 rings (SSSR count). The highest BCUT2D eigenvalue weighted by molar-refractivity contribution is 6.04. The van der Waals surface area contributed by atoms with Crippen LogP contribution in [0.5, 0.6) is 0 Å². The summed E-state index contributed by atoms with van der Waals surface area (Å²) in [6.45, 7) is 1.41. The zero-order valence-electron chi connectivity index (χ0n) is 8.53. The van der Waals surface area contributed by atoms with Gasteiger partial charge in [0, 0.05) is 18.2 Å². The summed E-state index contributed by atoms with van der Waals surface area (Å²) >= 11 is 0. The summed E-state index contributed by atoms with van der Waals surface area (Å²) in [5.41, 5.74) is 0.916. The Labute approximate surface area is 87.3 Å². The third-order valence-electron chi connectivity index (χ3n) is 2.06. The van der Waals surface area contributed by atoms with Crippen molar-refractivity contribution in [2.24, 2.45) is 0 Å². The predicted molar refractivity (Wildman–Crippen MR) is 55.2 cm³/mol. The maximum Gasteiger partial charge on any atom is 0.251 e. The number of Topliss-reactive ketones (excluding diaryl/α,β-unsaturated/α-hetero) is 1. The molecule has 0 unspecified atom stereocenters. The lowest BCUT2D eigenvalue weighted by Crippen LogP contribution is -2.20. The molecule has 1 aromatic carbocycles. The van der Waals surface area contributed by atoms with E-state index in [1.54, 1.807) is 0 Å². The maximum absolute atomic E-state index is 11.4. The number of carbonyl (C=O) groups is 3. The summed E-state index contributed by atoms with van der Waals surface area (Å²) in [6.07, 6.45) is 0.592. The second-order valence-corrected chi connectivity index (χ2v) is 3.06. The third-order valence-corrected chi connectivity index (χ3v) is 2.06. The van der Waals surface area contributed by atoms with E-state index in [1.165, 1.54) is 32.2 Å². The van der Waals surface area contributed by atoms with Gasteiger partial charge in [-0.15, -0.1) is 0 Å². The molecule has 0 fully saturated rings. The summed E-state index contributed by atoms with van der Waals surface area (Å²) in [4.78, 5) is 33.1. The Balaban J connectivity index is 3.31. The largest absolute Gasteiger partial charge is 0.355 e. The van der Waals surface area contributed by atoms with Crippen LogP contribution in [0, 0.1) is 0 Å². The fourth-order valence-corrected chi connectivity index (χ4v) is 1.21. The molecule has 0 saturated carbocycles. The standard InChI is InChI=1S/C11H11NO3/c1-7(14)8-3-4-9(6-13)10(5-8)11(15)12-2/h3-6H,1-2H3,(H,12,15). The summed E-state index contributed by atoms with van der Waals surface area (Å²) < 4.78 is 0. The lowest BCUT2D eigenvalue weighted by Gasteiger charge is -2.04. The molecule has 0 aliphatic carbocycles. The van der Waals surface area contributed by atoms with Crippen molar-refractivity contribution in [1.82, 2.24) is 5.32 Å². The SMILES string of the molecule is CNC(=O)c1cc(C(C)=O)ccc1C=O. The topological polar surface area (TPSA) is 63.2 Å². The molecule has 0 atom stereocenters. The summed E-state index contributed by atoms with van der Waals surface area (Å²) in [6, 6.07) is 4.41. The first-order valence-corrected chi connectivity index (χ1v) is 4.42. The van der Waals surface area contributed by atoms with Crippen LogP contribution in [-0.4, -0.2) is 25.0 Å². The monoisotopic (exact) mass is 205 g/mol. The van der Waals surface area contributed by atoms with Crippen molar-refractivity contribution < 1.29 is 14.4 Å². The molecular formula is C11H11NO3. The van der Waals surface area contributed by atoms with Crippen molar-refractivity contribution in [1.29, 1.82) is 0 Å². The number of hydrogen-bond acceptors (Lipinski definition) is 3. The minimum atomic E-state index is -0.375. The molecule has 0 aromatic heterocycles. The van der Waals surface area contributed by atoms with Crippen LogP contribution >= 0.6 is 0 Å². The zero-order chi connectivity index (χ0) is 11.4. The van der Waals surface area contributed by atoms with E-state index in [1.807, 2.05) is 0 Å². The molecule has 4 heteroatoms. The Morgan fingerprint density at radius 3 is 2.47 bits per heavy atom. The first-order chi connectivity index (χ1) is 7.10. The summed E-state index contributed by atoms with van der Waals surface area (Å²) in [5, 5.41) is 2.41. The smallest absolute Gasteiger partial charge is 0.251 e. The van der Waals surface area contributed by atoms with Gasteiger partial charge in [0.2, 0.25) is 0 Å². The number of benzene rings is 1. The lowest BCUT2D eigenvalue weighted by atomic mass is 10.0. The molecule has 0 spiro atoms. The number of rotatable bonds is 3. The minimum absolute atomic E-state index is 0.141. The second kappa shape index (κ2) is 4.50. The molecule has 0 bridgehead atoms. The van der Waals surface area contributed by atoms with Crippen molar-refractivity contribution in [3.8, 4) is 0 Å². The van der Waals surface area contributed by atoms with Gasteiger partial charge in [-0.1, -0.05) is 12.1 Å². The van der Waals surface area contributed by atoms with Crippen LogP contribution in [-0.2, 0) is 0 Å². The number of nitrogens with one attached hydrogen (secondary N) is 1. The van der Waals surface area contributed by atoms with Crippen LogP contribution < -0.4 is 5.32 Å². The molecular weight excluding hydrogens is 194 g/mol. The average Bonchev–Trinajstić information content (AvgIpc) is 2.27. The molecule has 1 amide bonds. The average molecular weight is 205 g/mol. The molecule has 1 N–H and O–H groups in total. The van der Waals surface area contributed by atoms with Crippen molar-refractivity contribution >= 4 is 18.0 Å². The Morgan fingerprint density at radius 1 is 1.33 bits per heavy atom. The van der Waals surface area contributed by atoms with Crippen LogP contribution in [0.3, 0.4) is 0 Å². The van der Waals surface area contributed by atoms with Crippen LogP contribution in [0.1, 0.15) is 38.0 Å². The van der Waals surface area contributed by atoms with E-state index in [9.17, 15) is 14.4 Å². The molecule has 0 aliphatic heterocycles. The van der Waals surface area contributed by atoms with Gasteiger partial charge in [-0.25, -0.2) is 0 Å². The van der Waals surface area contributed by atoms with Crippen LogP contribution in [0.25, 0.3) is 0 Å². The Kier molecular flexibility index (Phi) is 3.33. The number of carbonyl (C=O) groups excluding carboxylic acids is 3. The third kappa shape index (κ3) is 2.28. The van der Waals surface area contributed by atoms with Gasteiger partial charge >= 0.3 is 0 Å². The van der Waals surface area contributed by atoms with E-state index >= 15 is 0 Å². The molecule has 0 radical (unpaired) electrons. The Bertz CT molecular complexity index is 424. The second-order valence-electron chi connectivity index (χ2n) is 3.06. The van der Waals surface area contributed by atoms with Crippen molar-refractivity contribution in [2.75, 3.05) is 7.05 Å². The van der Waals surface area contributed by atoms with Gasteiger partial charge in [-0.05, 0) is 13.0 Å². The van der Waals surface area contributed by atoms with E-state index in [0.717, 1.165) is 0 Å². The molecule has 0 aliphatic rings. The fourth-order valence-electron chi connectivity index (χ4n) is 1.21. The van der Waals surface area contributed by atoms with Gasteiger partial charge in [-0.2, -0.15) is 0 Å². The van der Waals surface area contributed by atoms with E-state index in [0.29, 0.717) is 11.8 Å². The Hall–Kier alpha value is -1.97.